The zero-order chi connectivity index (χ0) is 23.6. The van der Waals surface area contributed by atoms with Crippen molar-refractivity contribution < 1.29 is 14.6 Å². The highest BCUT2D eigenvalue weighted by atomic mass is 79.9. The molecule has 0 fully saturated rings. The summed E-state index contributed by atoms with van der Waals surface area (Å²) in [4.78, 5) is 11.7. The fourth-order valence-electron chi connectivity index (χ4n) is 3.68. The molecule has 4 rings (SSSR count). The first-order chi connectivity index (χ1) is 15.9. The molecule has 7 nitrogen and oxygen atoms in total. The van der Waals surface area contributed by atoms with Gasteiger partial charge in [-0.3, -0.25) is 4.68 Å². The van der Waals surface area contributed by atoms with Gasteiger partial charge in [0.05, 0.1) is 35.4 Å². The summed E-state index contributed by atoms with van der Waals surface area (Å²) in [6, 6.07) is 16.1. The van der Waals surface area contributed by atoms with Crippen LogP contribution in [0.3, 0.4) is 0 Å². The van der Waals surface area contributed by atoms with Gasteiger partial charge in [0.1, 0.15) is 0 Å². The molecule has 0 spiro atoms. The van der Waals surface area contributed by atoms with E-state index in [0.717, 1.165) is 45.3 Å². The number of carboxylic acid groups (broad SMARTS) is 1. The summed E-state index contributed by atoms with van der Waals surface area (Å²) < 4.78 is 10.6. The van der Waals surface area contributed by atoms with Gasteiger partial charge in [0.25, 0.3) is 0 Å². The van der Waals surface area contributed by atoms with Crippen LogP contribution in [0.5, 0.6) is 0 Å². The van der Waals surface area contributed by atoms with Gasteiger partial charge < -0.3 is 9.84 Å². The van der Waals surface area contributed by atoms with Gasteiger partial charge in [0, 0.05) is 22.0 Å². The quantitative estimate of drug-likeness (QED) is 0.306. The Kier molecular flexibility index (Phi) is 6.67. The molecule has 1 unspecified atom stereocenters. The average Bonchev–Trinajstić information content (AvgIpc) is 3.42. The Hall–Kier alpha value is -2.97. The number of aryl methyl sites for hydroxylation is 1. The molecule has 0 radical (unpaired) electrons. The number of aromatic nitrogens is 4. The second-order valence-corrected chi connectivity index (χ2v) is 9.06. The van der Waals surface area contributed by atoms with Crippen LogP contribution in [0.4, 0.5) is 0 Å². The molecule has 4 aromatic rings. The molecule has 0 aliphatic heterocycles. The van der Waals surface area contributed by atoms with E-state index in [1.54, 1.807) is 13.8 Å². The van der Waals surface area contributed by atoms with Crippen molar-refractivity contribution in [2.24, 2.45) is 0 Å². The number of nitrogens with zero attached hydrogens (tertiary/aromatic N) is 4. The first kappa shape index (κ1) is 23.2. The van der Waals surface area contributed by atoms with E-state index in [2.05, 4.69) is 46.2 Å². The molecule has 0 aliphatic rings. The van der Waals surface area contributed by atoms with Crippen LogP contribution < -0.4 is 0 Å². The first-order valence-corrected chi connectivity index (χ1v) is 11.8. The molecular formula is C25H27BrN4O3. The van der Waals surface area contributed by atoms with Crippen molar-refractivity contribution in [3.8, 4) is 16.9 Å². The summed E-state index contributed by atoms with van der Waals surface area (Å²) >= 11 is 3.63. The minimum atomic E-state index is -1.26. The number of hydrogen-bond donors (Lipinski definition) is 1. The highest BCUT2D eigenvalue weighted by Gasteiger charge is 2.32. The van der Waals surface area contributed by atoms with E-state index >= 15 is 0 Å². The number of fused-ring (bicyclic) bond motifs is 1. The first-order valence-electron chi connectivity index (χ1n) is 11.0. The fourth-order valence-corrected chi connectivity index (χ4v) is 4.13. The Morgan fingerprint density at radius 1 is 1.18 bits per heavy atom. The number of rotatable bonds is 9. The smallest absolute Gasteiger partial charge is 0.335 e. The van der Waals surface area contributed by atoms with Crippen molar-refractivity contribution in [2.75, 3.05) is 0 Å². The number of halogens is 1. The summed E-state index contributed by atoms with van der Waals surface area (Å²) in [5.41, 5.74) is 3.23. The van der Waals surface area contributed by atoms with Crippen LogP contribution in [-0.4, -0.2) is 36.2 Å². The topological polar surface area (TPSA) is 82.2 Å². The Balaban J connectivity index is 1.80. The predicted octanol–water partition coefficient (Wildman–Crippen LogP) is 5.83. The molecule has 2 aromatic heterocycles. The average molecular weight is 511 g/mol. The van der Waals surface area contributed by atoms with Crippen LogP contribution in [0.2, 0.25) is 0 Å². The number of hydrogen-bond acceptors (Lipinski definition) is 4. The number of para-hydroxylation sites is 1. The molecule has 2 aromatic carbocycles. The number of benzene rings is 2. The highest BCUT2D eigenvalue weighted by Crippen LogP contribution is 2.31. The molecule has 2 heterocycles. The second kappa shape index (κ2) is 9.49. The molecular weight excluding hydrogens is 484 g/mol. The van der Waals surface area contributed by atoms with Gasteiger partial charge in [-0.05, 0) is 60.0 Å². The lowest BCUT2D eigenvalue weighted by molar-refractivity contribution is -0.165. The van der Waals surface area contributed by atoms with Crippen molar-refractivity contribution in [2.45, 2.75) is 52.4 Å². The van der Waals surface area contributed by atoms with Crippen LogP contribution >= 0.6 is 15.9 Å². The van der Waals surface area contributed by atoms with Gasteiger partial charge in [0.15, 0.2) is 5.60 Å². The third-order valence-electron chi connectivity index (χ3n) is 5.88. The lowest BCUT2D eigenvalue weighted by Crippen LogP contribution is -2.37. The lowest BCUT2D eigenvalue weighted by Gasteiger charge is -2.22. The summed E-state index contributed by atoms with van der Waals surface area (Å²) in [7, 11) is 0. The molecule has 1 N–H and O–H groups in total. The predicted molar refractivity (Wildman–Crippen MR) is 131 cm³/mol. The molecule has 1 atom stereocenters. The van der Waals surface area contributed by atoms with E-state index in [1.807, 2.05) is 45.9 Å². The third kappa shape index (κ3) is 4.58. The number of ether oxygens (including phenoxy) is 1. The van der Waals surface area contributed by atoms with Gasteiger partial charge >= 0.3 is 5.97 Å². The minimum absolute atomic E-state index is 0.0943. The van der Waals surface area contributed by atoms with Gasteiger partial charge in [0.2, 0.25) is 0 Å². The van der Waals surface area contributed by atoms with E-state index in [1.165, 1.54) is 0 Å². The molecule has 172 valence electrons. The van der Waals surface area contributed by atoms with E-state index in [9.17, 15) is 9.90 Å². The second-order valence-electron chi connectivity index (χ2n) is 8.20. The summed E-state index contributed by atoms with van der Waals surface area (Å²) in [6.45, 7) is 6.46. The molecule has 0 bridgehead atoms. The largest absolute Gasteiger partial charge is 0.479 e. The minimum Gasteiger partial charge on any atom is -0.479 e. The zero-order valence-corrected chi connectivity index (χ0v) is 20.5. The van der Waals surface area contributed by atoms with Gasteiger partial charge in [-0.2, -0.15) is 10.2 Å². The van der Waals surface area contributed by atoms with Crippen molar-refractivity contribution in [3.05, 3.63) is 64.9 Å². The molecule has 0 aliphatic carbocycles. The van der Waals surface area contributed by atoms with E-state index < -0.39 is 11.6 Å². The van der Waals surface area contributed by atoms with Crippen molar-refractivity contribution >= 4 is 32.8 Å². The van der Waals surface area contributed by atoms with Crippen molar-refractivity contribution in [3.63, 3.8) is 0 Å². The Bertz CT molecular complexity index is 1300. The normalized spacial score (nSPS) is 13.3. The number of carbonyl (C=O) groups is 1. The van der Waals surface area contributed by atoms with Crippen LogP contribution in [0.25, 0.3) is 27.8 Å². The SMILES string of the molecule is CCCn1ncc2ccc(-c3cc(COC(C)(CC)C(=O)O)nn3-c3ccccc3Br)cc21. The molecule has 0 amide bonds. The van der Waals surface area contributed by atoms with E-state index in [4.69, 9.17) is 9.84 Å². The Morgan fingerprint density at radius 3 is 2.67 bits per heavy atom. The summed E-state index contributed by atoms with van der Waals surface area (Å²) in [6.07, 6.45) is 3.24. The number of aliphatic carboxylic acids is 1. The third-order valence-corrected chi connectivity index (χ3v) is 6.55. The maximum Gasteiger partial charge on any atom is 0.335 e. The zero-order valence-electron chi connectivity index (χ0n) is 19.0. The van der Waals surface area contributed by atoms with E-state index in [0.29, 0.717) is 12.1 Å². The Morgan fingerprint density at radius 2 is 1.97 bits per heavy atom. The van der Waals surface area contributed by atoms with Crippen LogP contribution in [0.15, 0.2) is 59.2 Å². The van der Waals surface area contributed by atoms with Crippen molar-refractivity contribution in [1.29, 1.82) is 0 Å². The molecule has 0 saturated carbocycles. The lowest BCUT2D eigenvalue weighted by atomic mass is 10.0. The van der Waals surface area contributed by atoms with Crippen LogP contribution in [0, 0.1) is 0 Å². The fraction of sp³-hybridized carbons (Fsp3) is 0.320. The van der Waals surface area contributed by atoms with Crippen molar-refractivity contribution in [1.82, 2.24) is 19.6 Å². The Labute approximate surface area is 201 Å². The van der Waals surface area contributed by atoms with Gasteiger partial charge in [-0.1, -0.05) is 38.1 Å². The van der Waals surface area contributed by atoms with Gasteiger partial charge in [-0.15, -0.1) is 0 Å². The van der Waals surface area contributed by atoms with Crippen LogP contribution in [-0.2, 0) is 22.7 Å². The maximum atomic E-state index is 11.7. The highest BCUT2D eigenvalue weighted by molar-refractivity contribution is 9.10. The number of carboxylic acids is 1. The maximum absolute atomic E-state index is 11.7. The van der Waals surface area contributed by atoms with Crippen LogP contribution in [0.1, 0.15) is 39.3 Å². The summed E-state index contributed by atoms with van der Waals surface area (Å²) in [5, 5.41) is 19.9. The molecule has 8 heteroatoms. The molecule has 0 saturated heterocycles. The van der Waals surface area contributed by atoms with Gasteiger partial charge in [-0.25, -0.2) is 9.48 Å². The standard InChI is InChI=1S/C25H27BrN4O3/c1-4-12-29-22-13-17(10-11-18(22)15-27-29)23-14-19(16-33-25(3,5-2)24(31)32)28-30(23)21-9-7-6-8-20(21)26/h6-11,13-15H,4-5,12,16H2,1-3H3,(H,31,32). The monoisotopic (exact) mass is 510 g/mol. The summed E-state index contributed by atoms with van der Waals surface area (Å²) in [5.74, 6) is -0.981. The molecule has 33 heavy (non-hydrogen) atoms. The van der Waals surface area contributed by atoms with E-state index in [-0.39, 0.29) is 6.61 Å².